The Balaban J connectivity index is 2.08. The minimum absolute atomic E-state index is 0.391. The summed E-state index contributed by atoms with van der Waals surface area (Å²) in [6.07, 6.45) is 2.79. The number of aryl methyl sites for hydroxylation is 1. The maximum atomic E-state index is 5.46. The van der Waals surface area contributed by atoms with Crippen LogP contribution in [-0.4, -0.2) is 14.8 Å². The summed E-state index contributed by atoms with van der Waals surface area (Å²) in [5, 5.41) is 4.25. The lowest BCUT2D eigenvalue weighted by Crippen LogP contribution is -2.03. The third-order valence-electron chi connectivity index (χ3n) is 2.54. The van der Waals surface area contributed by atoms with E-state index in [-0.39, 0.29) is 0 Å². The number of benzene rings is 1. The van der Waals surface area contributed by atoms with E-state index in [1.807, 2.05) is 4.68 Å². The minimum Gasteiger partial charge on any atom is -0.324 e. The molecule has 1 heterocycles. The van der Waals surface area contributed by atoms with Crippen molar-refractivity contribution in [3.63, 3.8) is 0 Å². The Hall–Kier alpha value is -1.68. The molecular formula is C12H16N4. The molecule has 16 heavy (non-hydrogen) atoms. The van der Waals surface area contributed by atoms with E-state index in [9.17, 15) is 0 Å². The summed E-state index contributed by atoms with van der Waals surface area (Å²) in [5.74, 6) is 0.685. The SMILES string of the molecule is CCc1ccc(Cn2cnc(CN)n2)cc1. The molecule has 4 heteroatoms. The molecule has 0 radical (unpaired) electrons. The Morgan fingerprint density at radius 3 is 2.44 bits per heavy atom. The molecule has 1 aromatic carbocycles. The van der Waals surface area contributed by atoms with Gasteiger partial charge in [0.25, 0.3) is 0 Å². The average Bonchev–Trinajstić information content (AvgIpc) is 2.78. The molecule has 0 aliphatic heterocycles. The summed E-state index contributed by atoms with van der Waals surface area (Å²) in [6.45, 7) is 3.29. The van der Waals surface area contributed by atoms with Gasteiger partial charge < -0.3 is 5.73 Å². The zero-order valence-electron chi connectivity index (χ0n) is 9.43. The lowest BCUT2D eigenvalue weighted by atomic mass is 10.1. The third kappa shape index (κ3) is 2.46. The monoisotopic (exact) mass is 216 g/mol. The Morgan fingerprint density at radius 1 is 1.19 bits per heavy atom. The largest absolute Gasteiger partial charge is 0.324 e. The smallest absolute Gasteiger partial charge is 0.164 e. The van der Waals surface area contributed by atoms with Crippen LogP contribution in [0.3, 0.4) is 0 Å². The first-order valence-electron chi connectivity index (χ1n) is 5.48. The highest BCUT2D eigenvalue weighted by molar-refractivity contribution is 5.22. The van der Waals surface area contributed by atoms with Crippen molar-refractivity contribution in [3.8, 4) is 0 Å². The van der Waals surface area contributed by atoms with Gasteiger partial charge in [-0.15, -0.1) is 0 Å². The number of hydrogen-bond donors (Lipinski definition) is 1. The summed E-state index contributed by atoms with van der Waals surface area (Å²) in [5.41, 5.74) is 8.04. The van der Waals surface area contributed by atoms with E-state index in [0.29, 0.717) is 12.4 Å². The molecule has 2 rings (SSSR count). The zero-order chi connectivity index (χ0) is 11.4. The molecule has 0 fully saturated rings. The number of hydrogen-bond acceptors (Lipinski definition) is 3. The van der Waals surface area contributed by atoms with Crippen LogP contribution in [0.2, 0.25) is 0 Å². The molecule has 0 atom stereocenters. The molecule has 1 aromatic heterocycles. The first-order chi connectivity index (χ1) is 7.81. The van der Waals surface area contributed by atoms with Crippen LogP contribution in [0.4, 0.5) is 0 Å². The van der Waals surface area contributed by atoms with Gasteiger partial charge >= 0.3 is 0 Å². The Morgan fingerprint density at radius 2 is 1.88 bits per heavy atom. The van der Waals surface area contributed by atoms with Crippen LogP contribution in [0.5, 0.6) is 0 Å². The molecule has 0 saturated heterocycles. The molecule has 2 N–H and O–H groups in total. The number of aromatic nitrogens is 3. The number of nitrogens with zero attached hydrogens (tertiary/aromatic N) is 3. The summed E-state index contributed by atoms with van der Waals surface area (Å²) < 4.78 is 1.81. The minimum atomic E-state index is 0.391. The fourth-order valence-electron chi connectivity index (χ4n) is 1.57. The molecule has 0 unspecified atom stereocenters. The van der Waals surface area contributed by atoms with Crippen LogP contribution < -0.4 is 5.73 Å². The molecule has 0 aliphatic carbocycles. The van der Waals surface area contributed by atoms with Gasteiger partial charge in [0.2, 0.25) is 0 Å². The predicted octanol–water partition coefficient (Wildman–Crippen LogP) is 1.35. The molecule has 0 saturated carbocycles. The first kappa shape index (κ1) is 10.8. The lowest BCUT2D eigenvalue weighted by Gasteiger charge is -2.02. The molecule has 0 aliphatic rings. The molecule has 2 aromatic rings. The van der Waals surface area contributed by atoms with E-state index < -0.39 is 0 Å². The molecule has 0 amide bonds. The summed E-state index contributed by atoms with van der Waals surface area (Å²) >= 11 is 0. The van der Waals surface area contributed by atoms with Crippen LogP contribution in [0.25, 0.3) is 0 Å². The van der Waals surface area contributed by atoms with Crippen LogP contribution in [-0.2, 0) is 19.5 Å². The molecule has 84 valence electrons. The number of nitrogens with two attached hydrogens (primary N) is 1. The van der Waals surface area contributed by atoms with Gasteiger partial charge in [0.15, 0.2) is 5.82 Å². The van der Waals surface area contributed by atoms with E-state index >= 15 is 0 Å². The van der Waals surface area contributed by atoms with Crippen molar-refractivity contribution in [1.29, 1.82) is 0 Å². The quantitative estimate of drug-likeness (QED) is 0.839. The van der Waals surface area contributed by atoms with Crippen LogP contribution in [0.1, 0.15) is 23.9 Å². The summed E-state index contributed by atoms with van der Waals surface area (Å²) in [6, 6.07) is 8.55. The highest BCUT2D eigenvalue weighted by Gasteiger charge is 1.99. The van der Waals surface area contributed by atoms with Gasteiger partial charge in [0.05, 0.1) is 13.1 Å². The van der Waals surface area contributed by atoms with Gasteiger partial charge in [-0.1, -0.05) is 31.2 Å². The highest BCUT2D eigenvalue weighted by Crippen LogP contribution is 2.06. The van der Waals surface area contributed by atoms with E-state index in [1.54, 1.807) is 6.33 Å². The first-order valence-corrected chi connectivity index (χ1v) is 5.48. The average molecular weight is 216 g/mol. The second-order valence-corrected chi connectivity index (χ2v) is 3.73. The highest BCUT2D eigenvalue weighted by atomic mass is 15.3. The topological polar surface area (TPSA) is 56.7 Å². The maximum absolute atomic E-state index is 5.46. The fourth-order valence-corrected chi connectivity index (χ4v) is 1.57. The Kier molecular flexibility index (Phi) is 3.31. The standard InChI is InChI=1S/C12H16N4/c1-2-10-3-5-11(6-4-10)8-16-9-14-12(7-13)15-16/h3-6,9H,2,7-8,13H2,1H3. The molecule has 0 bridgehead atoms. The van der Waals surface area contributed by atoms with E-state index in [2.05, 4.69) is 41.3 Å². The van der Waals surface area contributed by atoms with Gasteiger partial charge in [-0.2, -0.15) is 5.10 Å². The Bertz CT molecular complexity index is 444. The molecule has 0 spiro atoms. The summed E-state index contributed by atoms with van der Waals surface area (Å²) in [7, 11) is 0. The second kappa shape index (κ2) is 4.90. The van der Waals surface area contributed by atoms with Crippen molar-refractivity contribution in [1.82, 2.24) is 14.8 Å². The maximum Gasteiger partial charge on any atom is 0.164 e. The Labute approximate surface area is 95.1 Å². The van der Waals surface area contributed by atoms with Crippen molar-refractivity contribution < 1.29 is 0 Å². The van der Waals surface area contributed by atoms with Gasteiger partial charge in [0.1, 0.15) is 6.33 Å². The fraction of sp³-hybridized carbons (Fsp3) is 0.333. The number of rotatable bonds is 4. The van der Waals surface area contributed by atoms with Crippen LogP contribution in [0.15, 0.2) is 30.6 Å². The van der Waals surface area contributed by atoms with E-state index in [4.69, 9.17) is 5.73 Å². The molecule has 4 nitrogen and oxygen atoms in total. The normalized spacial score (nSPS) is 10.6. The van der Waals surface area contributed by atoms with Crippen molar-refractivity contribution in [3.05, 3.63) is 47.5 Å². The van der Waals surface area contributed by atoms with Crippen molar-refractivity contribution >= 4 is 0 Å². The van der Waals surface area contributed by atoms with Gasteiger partial charge in [0, 0.05) is 0 Å². The lowest BCUT2D eigenvalue weighted by molar-refractivity contribution is 0.671. The van der Waals surface area contributed by atoms with Gasteiger partial charge in [-0.25, -0.2) is 9.67 Å². The third-order valence-corrected chi connectivity index (χ3v) is 2.54. The van der Waals surface area contributed by atoms with Crippen molar-refractivity contribution in [2.24, 2.45) is 5.73 Å². The van der Waals surface area contributed by atoms with Crippen molar-refractivity contribution in [2.75, 3.05) is 0 Å². The van der Waals surface area contributed by atoms with Gasteiger partial charge in [-0.05, 0) is 17.5 Å². The predicted molar refractivity (Wildman–Crippen MR) is 62.8 cm³/mol. The van der Waals surface area contributed by atoms with Gasteiger partial charge in [-0.3, -0.25) is 0 Å². The second-order valence-electron chi connectivity index (χ2n) is 3.73. The van der Waals surface area contributed by atoms with Crippen molar-refractivity contribution in [2.45, 2.75) is 26.4 Å². The van der Waals surface area contributed by atoms with Crippen LogP contribution >= 0.6 is 0 Å². The molecular weight excluding hydrogens is 200 g/mol. The van der Waals surface area contributed by atoms with E-state index in [1.165, 1.54) is 11.1 Å². The van der Waals surface area contributed by atoms with E-state index in [0.717, 1.165) is 13.0 Å². The zero-order valence-corrected chi connectivity index (χ0v) is 9.43. The summed E-state index contributed by atoms with van der Waals surface area (Å²) in [4.78, 5) is 4.09. The van der Waals surface area contributed by atoms with Crippen LogP contribution in [0, 0.1) is 0 Å².